The van der Waals surface area contributed by atoms with Crippen LogP contribution in [0.25, 0.3) is 0 Å². The van der Waals surface area contributed by atoms with Gasteiger partial charge in [-0.3, -0.25) is 4.79 Å². The van der Waals surface area contributed by atoms with Gasteiger partial charge in [0.15, 0.2) is 5.13 Å². The molecule has 0 aromatic carbocycles. The Morgan fingerprint density at radius 2 is 2.41 bits per heavy atom. The second-order valence-electron chi connectivity index (χ2n) is 5.06. The predicted octanol–water partition coefficient (Wildman–Crippen LogP) is 2.77. The molecule has 1 fully saturated rings. The summed E-state index contributed by atoms with van der Waals surface area (Å²) in [4.78, 5) is 15.4. The molecule has 1 saturated heterocycles. The molecular weight excluding hydrogens is 236 g/mol. The number of rotatable bonds is 2. The molecule has 1 aliphatic rings. The van der Waals surface area contributed by atoms with E-state index in [4.69, 9.17) is 4.74 Å². The number of nitrogens with zero attached hydrogens (tertiary/aromatic N) is 1. The van der Waals surface area contributed by atoms with Crippen molar-refractivity contribution >= 4 is 22.4 Å². The molecule has 1 aromatic rings. The third kappa shape index (κ3) is 3.26. The molecule has 17 heavy (non-hydrogen) atoms. The van der Waals surface area contributed by atoms with Crippen molar-refractivity contribution in [2.75, 3.05) is 11.9 Å². The molecule has 0 saturated carbocycles. The summed E-state index contributed by atoms with van der Waals surface area (Å²) in [5, 5.41) is 5.45. The number of aromatic nitrogens is 1. The number of carbonyl (C=O) groups excluding carboxylic acids is 1. The molecule has 0 aliphatic carbocycles. The third-order valence-corrected chi connectivity index (χ3v) is 3.70. The van der Waals surface area contributed by atoms with Gasteiger partial charge in [0.1, 0.15) is 0 Å². The standard InChI is InChI=1S/C12H18N2O2S/c1-8(15)13-11-14-10(7-17-11)9-4-5-16-12(2,3)6-9/h7,9H,4-6H2,1-3H3,(H,13,14,15). The molecule has 4 nitrogen and oxygen atoms in total. The maximum Gasteiger partial charge on any atom is 0.223 e. The Morgan fingerprint density at radius 3 is 3.06 bits per heavy atom. The van der Waals surface area contributed by atoms with Crippen molar-refractivity contribution in [1.29, 1.82) is 0 Å². The molecule has 0 spiro atoms. The van der Waals surface area contributed by atoms with Gasteiger partial charge in [0.25, 0.3) is 0 Å². The van der Waals surface area contributed by atoms with E-state index in [-0.39, 0.29) is 11.5 Å². The van der Waals surface area contributed by atoms with Gasteiger partial charge in [-0.2, -0.15) is 0 Å². The molecule has 1 amide bonds. The number of nitrogens with one attached hydrogen (secondary N) is 1. The second kappa shape index (κ2) is 4.74. The van der Waals surface area contributed by atoms with E-state index in [1.807, 2.05) is 5.38 Å². The Kier molecular flexibility index (Phi) is 3.49. The summed E-state index contributed by atoms with van der Waals surface area (Å²) in [5.74, 6) is 0.371. The Balaban J connectivity index is 2.06. The quantitative estimate of drug-likeness (QED) is 0.883. The summed E-state index contributed by atoms with van der Waals surface area (Å²) in [6, 6.07) is 0. The van der Waals surface area contributed by atoms with Crippen LogP contribution in [0.4, 0.5) is 5.13 Å². The Hall–Kier alpha value is -0.940. The number of carbonyl (C=O) groups is 1. The zero-order chi connectivity index (χ0) is 12.5. The van der Waals surface area contributed by atoms with Crippen LogP contribution in [0.1, 0.15) is 45.2 Å². The van der Waals surface area contributed by atoms with Crippen molar-refractivity contribution in [2.24, 2.45) is 0 Å². The zero-order valence-corrected chi connectivity index (χ0v) is 11.3. The first-order valence-electron chi connectivity index (χ1n) is 5.83. The molecular formula is C12H18N2O2S. The van der Waals surface area contributed by atoms with Gasteiger partial charge in [-0.05, 0) is 26.7 Å². The van der Waals surface area contributed by atoms with E-state index in [9.17, 15) is 4.79 Å². The first-order valence-corrected chi connectivity index (χ1v) is 6.71. The van der Waals surface area contributed by atoms with Crippen LogP contribution in [0.15, 0.2) is 5.38 Å². The lowest BCUT2D eigenvalue weighted by atomic mass is 9.87. The Labute approximate surface area is 105 Å². The normalized spacial score (nSPS) is 23.4. The fourth-order valence-electron chi connectivity index (χ4n) is 2.17. The Morgan fingerprint density at radius 1 is 1.65 bits per heavy atom. The highest BCUT2D eigenvalue weighted by Gasteiger charge is 2.30. The summed E-state index contributed by atoms with van der Waals surface area (Å²) < 4.78 is 5.69. The molecule has 0 radical (unpaired) electrons. The maximum atomic E-state index is 10.9. The molecule has 1 atom stereocenters. The minimum absolute atomic E-state index is 0.0687. The molecule has 5 heteroatoms. The molecule has 1 unspecified atom stereocenters. The summed E-state index contributed by atoms with van der Waals surface area (Å²) in [5.41, 5.74) is 1.01. The largest absolute Gasteiger partial charge is 0.376 e. The van der Waals surface area contributed by atoms with Crippen molar-refractivity contribution in [3.63, 3.8) is 0 Å². The molecule has 94 valence electrons. The van der Waals surface area contributed by atoms with Gasteiger partial charge in [0.2, 0.25) is 5.91 Å². The van der Waals surface area contributed by atoms with Crippen molar-refractivity contribution in [2.45, 2.75) is 45.1 Å². The van der Waals surface area contributed by atoms with Gasteiger partial charge in [-0.25, -0.2) is 4.98 Å². The summed E-state index contributed by atoms with van der Waals surface area (Å²) >= 11 is 1.49. The number of anilines is 1. The van der Waals surface area contributed by atoms with Crippen LogP contribution >= 0.6 is 11.3 Å². The highest BCUT2D eigenvalue weighted by Crippen LogP contribution is 2.36. The van der Waals surface area contributed by atoms with Crippen molar-refractivity contribution in [1.82, 2.24) is 4.98 Å². The van der Waals surface area contributed by atoms with Gasteiger partial charge < -0.3 is 10.1 Å². The van der Waals surface area contributed by atoms with Gasteiger partial charge in [-0.15, -0.1) is 11.3 Å². The minimum atomic E-state index is -0.0711. The highest BCUT2D eigenvalue weighted by molar-refractivity contribution is 7.13. The monoisotopic (exact) mass is 254 g/mol. The summed E-state index contributed by atoms with van der Waals surface area (Å²) in [6.07, 6.45) is 1.99. The average molecular weight is 254 g/mol. The summed E-state index contributed by atoms with van der Waals surface area (Å²) in [6.45, 7) is 6.50. The molecule has 1 aliphatic heterocycles. The Bertz CT molecular complexity index is 414. The third-order valence-electron chi connectivity index (χ3n) is 2.92. The van der Waals surface area contributed by atoms with Crippen LogP contribution in [-0.2, 0) is 9.53 Å². The van der Waals surface area contributed by atoms with Crippen molar-refractivity contribution < 1.29 is 9.53 Å². The summed E-state index contributed by atoms with van der Waals surface area (Å²) in [7, 11) is 0. The smallest absolute Gasteiger partial charge is 0.223 e. The molecule has 0 bridgehead atoms. The van der Waals surface area contributed by atoms with E-state index in [1.165, 1.54) is 18.3 Å². The van der Waals surface area contributed by atoms with Crippen LogP contribution in [0.5, 0.6) is 0 Å². The lowest BCUT2D eigenvalue weighted by Crippen LogP contribution is -2.33. The number of thiazole rings is 1. The van der Waals surface area contributed by atoms with Crippen LogP contribution in [0, 0.1) is 0 Å². The first-order chi connectivity index (χ1) is 7.96. The van der Waals surface area contributed by atoms with Crippen LogP contribution < -0.4 is 5.32 Å². The highest BCUT2D eigenvalue weighted by atomic mass is 32.1. The average Bonchev–Trinajstić information content (AvgIpc) is 2.63. The van der Waals surface area contributed by atoms with Gasteiger partial charge >= 0.3 is 0 Å². The van der Waals surface area contributed by atoms with E-state index >= 15 is 0 Å². The zero-order valence-electron chi connectivity index (χ0n) is 10.4. The number of hydrogen-bond acceptors (Lipinski definition) is 4. The van der Waals surface area contributed by atoms with Crippen LogP contribution in [-0.4, -0.2) is 23.1 Å². The van der Waals surface area contributed by atoms with E-state index in [2.05, 4.69) is 24.1 Å². The second-order valence-corrected chi connectivity index (χ2v) is 5.91. The molecule has 2 rings (SSSR count). The maximum absolute atomic E-state index is 10.9. The lowest BCUT2D eigenvalue weighted by molar-refractivity contribution is -0.114. The van der Waals surface area contributed by atoms with Crippen LogP contribution in [0.3, 0.4) is 0 Å². The van der Waals surface area contributed by atoms with Crippen molar-refractivity contribution in [3.8, 4) is 0 Å². The van der Waals surface area contributed by atoms with Gasteiger partial charge in [0, 0.05) is 24.8 Å². The fourth-order valence-corrected chi connectivity index (χ4v) is 3.00. The predicted molar refractivity (Wildman–Crippen MR) is 68.4 cm³/mol. The molecule has 1 N–H and O–H groups in total. The van der Waals surface area contributed by atoms with E-state index < -0.39 is 0 Å². The SMILES string of the molecule is CC(=O)Nc1nc(C2CCOC(C)(C)C2)cs1. The van der Waals surface area contributed by atoms with E-state index in [0.29, 0.717) is 11.0 Å². The van der Waals surface area contributed by atoms with Gasteiger partial charge in [-0.1, -0.05) is 0 Å². The fraction of sp³-hybridized carbons (Fsp3) is 0.667. The minimum Gasteiger partial charge on any atom is -0.376 e. The topological polar surface area (TPSA) is 51.2 Å². The number of amides is 1. The van der Waals surface area contributed by atoms with Gasteiger partial charge in [0.05, 0.1) is 11.3 Å². The lowest BCUT2D eigenvalue weighted by Gasteiger charge is -2.34. The molecule has 2 heterocycles. The first kappa shape index (κ1) is 12.5. The molecule has 1 aromatic heterocycles. The van der Waals surface area contributed by atoms with Crippen molar-refractivity contribution in [3.05, 3.63) is 11.1 Å². The van der Waals surface area contributed by atoms with Crippen LogP contribution in [0.2, 0.25) is 0 Å². The van der Waals surface area contributed by atoms with E-state index in [1.54, 1.807) is 0 Å². The number of ether oxygens (including phenoxy) is 1. The number of hydrogen-bond donors (Lipinski definition) is 1. The van der Waals surface area contributed by atoms with E-state index in [0.717, 1.165) is 25.1 Å².